The second-order valence-corrected chi connectivity index (χ2v) is 5.80. The first-order valence-electron chi connectivity index (χ1n) is 5.38. The standard InChI is InChI=1S/C12H18FNOS/c1-9(14-3)8-10(2)16(15)12-7-5-4-6-11(12)13/h4-7,9-10,14H,8H2,1-3H3. The van der Waals surface area contributed by atoms with E-state index in [9.17, 15) is 8.60 Å². The zero-order chi connectivity index (χ0) is 12.1. The van der Waals surface area contributed by atoms with E-state index in [1.165, 1.54) is 6.07 Å². The molecular formula is C12H18FNOS. The first kappa shape index (κ1) is 13.3. The monoisotopic (exact) mass is 243 g/mol. The molecule has 0 saturated heterocycles. The van der Waals surface area contributed by atoms with Crippen molar-refractivity contribution in [1.82, 2.24) is 5.32 Å². The largest absolute Gasteiger partial charge is 0.317 e. The summed E-state index contributed by atoms with van der Waals surface area (Å²) in [6.45, 7) is 3.91. The second kappa shape index (κ2) is 6.11. The van der Waals surface area contributed by atoms with E-state index in [0.717, 1.165) is 6.42 Å². The number of benzene rings is 1. The fourth-order valence-electron chi connectivity index (χ4n) is 1.53. The molecule has 0 amide bonds. The molecule has 1 rings (SSSR count). The molecule has 0 aliphatic carbocycles. The molecule has 1 aromatic rings. The first-order valence-corrected chi connectivity index (χ1v) is 6.60. The zero-order valence-electron chi connectivity index (χ0n) is 9.87. The molecule has 0 heterocycles. The molecular weight excluding hydrogens is 225 g/mol. The van der Waals surface area contributed by atoms with Crippen LogP contribution in [0, 0.1) is 5.82 Å². The minimum atomic E-state index is -1.28. The lowest BCUT2D eigenvalue weighted by atomic mass is 10.2. The summed E-state index contributed by atoms with van der Waals surface area (Å²) in [5, 5.41) is 3.03. The summed E-state index contributed by atoms with van der Waals surface area (Å²) in [5.41, 5.74) is 0. The van der Waals surface area contributed by atoms with Gasteiger partial charge in [-0.1, -0.05) is 19.1 Å². The summed E-state index contributed by atoms with van der Waals surface area (Å²) in [5.74, 6) is -0.384. The van der Waals surface area contributed by atoms with Crippen molar-refractivity contribution >= 4 is 10.8 Å². The molecule has 1 aromatic carbocycles. The normalized spacial score (nSPS) is 16.8. The van der Waals surface area contributed by atoms with Crippen molar-refractivity contribution < 1.29 is 8.60 Å². The average Bonchev–Trinajstić information content (AvgIpc) is 2.28. The predicted molar refractivity (Wildman–Crippen MR) is 65.4 cm³/mol. The lowest BCUT2D eigenvalue weighted by Crippen LogP contribution is -2.27. The van der Waals surface area contributed by atoms with Crippen LogP contribution in [0.2, 0.25) is 0 Å². The number of hydrogen-bond donors (Lipinski definition) is 1. The molecule has 1 N–H and O–H groups in total. The van der Waals surface area contributed by atoms with Crippen LogP contribution in [0.15, 0.2) is 29.2 Å². The van der Waals surface area contributed by atoms with Crippen LogP contribution in [0.4, 0.5) is 4.39 Å². The Hall–Kier alpha value is -0.740. The van der Waals surface area contributed by atoms with Gasteiger partial charge < -0.3 is 5.32 Å². The van der Waals surface area contributed by atoms with E-state index in [2.05, 4.69) is 5.32 Å². The number of hydrogen-bond acceptors (Lipinski definition) is 2. The van der Waals surface area contributed by atoms with E-state index in [0.29, 0.717) is 4.90 Å². The molecule has 4 heteroatoms. The Kier molecular flexibility index (Phi) is 5.09. The van der Waals surface area contributed by atoms with Gasteiger partial charge in [0.2, 0.25) is 0 Å². The van der Waals surface area contributed by atoms with Gasteiger partial charge in [0.25, 0.3) is 0 Å². The molecule has 0 bridgehead atoms. The van der Waals surface area contributed by atoms with Gasteiger partial charge in [0.05, 0.1) is 15.7 Å². The Morgan fingerprint density at radius 3 is 2.56 bits per heavy atom. The van der Waals surface area contributed by atoms with E-state index in [1.807, 2.05) is 20.9 Å². The molecule has 16 heavy (non-hydrogen) atoms. The Morgan fingerprint density at radius 1 is 1.38 bits per heavy atom. The van der Waals surface area contributed by atoms with E-state index in [-0.39, 0.29) is 17.1 Å². The third kappa shape index (κ3) is 3.39. The summed E-state index contributed by atoms with van der Waals surface area (Å²) < 4.78 is 25.5. The Labute approximate surface area is 98.7 Å². The molecule has 0 aromatic heterocycles. The summed E-state index contributed by atoms with van der Waals surface area (Å²) >= 11 is 0. The number of rotatable bonds is 5. The summed E-state index contributed by atoms with van der Waals surface area (Å²) in [6, 6.07) is 6.54. The van der Waals surface area contributed by atoms with Crippen LogP contribution < -0.4 is 5.32 Å². The summed E-state index contributed by atoms with van der Waals surface area (Å²) in [6.07, 6.45) is 0.761. The number of halogens is 1. The first-order chi connectivity index (χ1) is 7.56. The van der Waals surface area contributed by atoms with Gasteiger partial charge in [-0.05, 0) is 32.5 Å². The van der Waals surface area contributed by atoms with Crippen LogP contribution in [0.1, 0.15) is 20.3 Å². The van der Waals surface area contributed by atoms with Crippen LogP contribution in [0.25, 0.3) is 0 Å². The molecule has 0 fully saturated rings. The molecule has 2 nitrogen and oxygen atoms in total. The summed E-state index contributed by atoms with van der Waals surface area (Å²) in [4.78, 5) is 0.304. The maximum Gasteiger partial charge on any atom is 0.139 e. The van der Waals surface area contributed by atoms with Crippen LogP contribution in [-0.2, 0) is 10.8 Å². The van der Waals surface area contributed by atoms with Gasteiger partial charge in [0.1, 0.15) is 5.82 Å². The zero-order valence-corrected chi connectivity index (χ0v) is 10.7. The number of nitrogens with one attached hydrogen (secondary N) is 1. The molecule has 0 saturated carbocycles. The quantitative estimate of drug-likeness (QED) is 0.860. The molecule has 0 aliphatic rings. The minimum Gasteiger partial charge on any atom is -0.317 e. The third-order valence-electron chi connectivity index (χ3n) is 2.60. The van der Waals surface area contributed by atoms with Gasteiger partial charge in [-0.2, -0.15) is 0 Å². The smallest absolute Gasteiger partial charge is 0.139 e. The van der Waals surface area contributed by atoms with Crippen LogP contribution in [-0.4, -0.2) is 22.5 Å². The Morgan fingerprint density at radius 2 is 2.00 bits per heavy atom. The fraction of sp³-hybridized carbons (Fsp3) is 0.500. The van der Waals surface area contributed by atoms with E-state index in [1.54, 1.807) is 18.2 Å². The lowest BCUT2D eigenvalue weighted by molar-refractivity contribution is 0.550. The van der Waals surface area contributed by atoms with Crippen molar-refractivity contribution in [1.29, 1.82) is 0 Å². The van der Waals surface area contributed by atoms with Gasteiger partial charge in [0.15, 0.2) is 0 Å². The highest BCUT2D eigenvalue weighted by atomic mass is 32.2. The van der Waals surface area contributed by atoms with Crippen LogP contribution >= 0.6 is 0 Å². The highest BCUT2D eigenvalue weighted by molar-refractivity contribution is 7.85. The van der Waals surface area contributed by atoms with E-state index >= 15 is 0 Å². The van der Waals surface area contributed by atoms with Crippen LogP contribution in [0.5, 0.6) is 0 Å². The molecule has 0 radical (unpaired) electrons. The Bertz CT molecular complexity index is 370. The van der Waals surface area contributed by atoms with Gasteiger partial charge in [0, 0.05) is 11.3 Å². The maximum atomic E-state index is 13.4. The molecule has 90 valence electrons. The summed E-state index contributed by atoms with van der Waals surface area (Å²) in [7, 11) is 0.588. The van der Waals surface area contributed by atoms with Crippen molar-refractivity contribution in [3.8, 4) is 0 Å². The molecule has 0 spiro atoms. The second-order valence-electron chi connectivity index (χ2n) is 3.96. The molecule has 3 unspecified atom stereocenters. The van der Waals surface area contributed by atoms with Crippen molar-refractivity contribution in [2.75, 3.05) is 7.05 Å². The molecule has 0 aliphatic heterocycles. The van der Waals surface area contributed by atoms with Crippen molar-refractivity contribution in [2.45, 2.75) is 36.5 Å². The van der Waals surface area contributed by atoms with Gasteiger partial charge in [-0.25, -0.2) is 4.39 Å². The lowest BCUT2D eigenvalue weighted by Gasteiger charge is -2.16. The van der Waals surface area contributed by atoms with Gasteiger partial charge in [-0.15, -0.1) is 0 Å². The van der Waals surface area contributed by atoms with Crippen molar-refractivity contribution in [3.63, 3.8) is 0 Å². The van der Waals surface area contributed by atoms with E-state index < -0.39 is 10.8 Å². The predicted octanol–water partition coefficient (Wildman–Crippen LogP) is 2.32. The highest BCUT2D eigenvalue weighted by Crippen LogP contribution is 2.17. The Balaban J connectivity index is 2.75. The van der Waals surface area contributed by atoms with E-state index in [4.69, 9.17) is 0 Å². The SMILES string of the molecule is CNC(C)CC(C)S(=O)c1ccccc1F. The highest BCUT2D eigenvalue weighted by Gasteiger charge is 2.18. The van der Waals surface area contributed by atoms with Crippen molar-refractivity contribution in [2.24, 2.45) is 0 Å². The minimum absolute atomic E-state index is 0.0562. The van der Waals surface area contributed by atoms with Gasteiger partial charge >= 0.3 is 0 Å². The van der Waals surface area contributed by atoms with Gasteiger partial charge in [-0.3, -0.25) is 4.21 Å². The topological polar surface area (TPSA) is 29.1 Å². The fourth-order valence-corrected chi connectivity index (χ4v) is 2.90. The van der Waals surface area contributed by atoms with Crippen molar-refractivity contribution in [3.05, 3.63) is 30.1 Å². The average molecular weight is 243 g/mol. The molecule has 3 atom stereocenters. The maximum absolute atomic E-state index is 13.4. The van der Waals surface area contributed by atoms with Crippen LogP contribution in [0.3, 0.4) is 0 Å². The third-order valence-corrected chi connectivity index (χ3v) is 4.29.